The molecular weight excluding hydrogens is 336 g/mol. The number of hydrogen-bond acceptors (Lipinski definition) is 4. The summed E-state index contributed by atoms with van der Waals surface area (Å²) < 4.78 is 6.37. The third-order valence-corrected chi connectivity index (χ3v) is 4.89. The molecule has 0 spiro atoms. The first-order chi connectivity index (χ1) is 9.65. The Hall–Kier alpha value is -0.880. The van der Waals surface area contributed by atoms with Gasteiger partial charge in [-0.25, -0.2) is 0 Å². The summed E-state index contributed by atoms with van der Waals surface area (Å²) in [6.07, 6.45) is 0. The summed E-state index contributed by atoms with van der Waals surface area (Å²) in [5, 5.41) is 2.10. The van der Waals surface area contributed by atoms with Crippen LogP contribution in [0.3, 0.4) is 0 Å². The first-order valence-electron chi connectivity index (χ1n) is 6.41. The van der Waals surface area contributed by atoms with Gasteiger partial charge in [0.05, 0.1) is 7.11 Å². The normalized spacial score (nSPS) is 12.7. The summed E-state index contributed by atoms with van der Waals surface area (Å²) in [6.45, 7) is 1.46. The molecule has 1 heterocycles. The Balaban J connectivity index is 2.22. The van der Waals surface area contributed by atoms with Crippen molar-refractivity contribution >= 4 is 27.3 Å². The van der Waals surface area contributed by atoms with Crippen LogP contribution in [0.2, 0.25) is 0 Å². The number of benzene rings is 1. The molecule has 1 aromatic carbocycles. The van der Waals surface area contributed by atoms with Gasteiger partial charge in [-0.15, -0.1) is 11.3 Å². The quantitative estimate of drug-likeness (QED) is 0.860. The zero-order valence-corrected chi connectivity index (χ0v) is 14.1. The van der Waals surface area contributed by atoms with Crippen molar-refractivity contribution in [3.63, 3.8) is 0 Å². The molecule has 1 atom stereocenters. The minimum absolute atomic E-state index is 0.154. The molecule has 0 amide bonds. The molecule has 0 aliphatic heterocycles. The number of halogens is 1. The number of rotatable bonds is 6. The van der Waals surface area contributed by atoms with Crippen LogP contribution in [-0.2, 0) is 6.54 Å². The summed E-state index contributed by atoms with van der Waals surface area (Å²) in [5.74, 6) is 0.853. The lowest BCUT2D eigenvalue weighted by molar-refractivity contribution is 0.242. The average molecular weight is 355 g/mol. The molecule has 1 aromatic heterocycles. The van der Waals surface area contributed by atoms with Gasteiger partial charge in [0.15, 0.2) is 0 Å². The maximum absolute atomic E-state index is 6.00. The van der Waals surface area contributed by atoms with E-state index in [0.717, 1.165) is 22.3 Å². The smallest absolute Gasteiger partial charge is 0.119 e. The van der Waals surface area contributed by atoms with Crippen LogP contribution in [-0.4, -0.2) is 25.6 Å². The summed E-state index contributed by atoms with van der Waals surface area (Å²) in [7, 11) is 3.78. The van der Waals surface area contributed by atoms with Crippen molar-refractivity contribution in [2.45, 2.75) is 12.6 Å². The molecule has 2 aromatic rings. The van der Waals surface area contributed by atoms with E-state index in [4.69, 9.17) is 10.5 Å². The molecule has 0 aliphatic carbocycles. The molecule has 1 unspecified atom stereocenters. The van der Waals surface area contributed by atoms with Crippen LogP contribution in [0.5, 0.6) is 5.75 Å². The van der Waals surface area contributed by atoms with E-state index in [2.05, 4.69) is 45.4 Å². The average Bonchev–Trinajstić information content (AvgIpc) is 2.94. The Morgan fingerprint density at radius 3 is 2.80 bits per heavy atom. The van der Waals surface area contributed by atoms with Crippen LogP contribution in [0, 0.1) is 0 Å². The van der Waals surface area contributed by atoms with Gasteiger partial charge in [-0.1, -0.05) is 22.0 Å². The van der Waals surface area contributed by atoms with Gasteiger partial charge < -0.3 is 10.5 Å². The van der Waals surface area contributed by atoms with Gasteiger partial charge in [0.1, 0.15) is 5.75 Å². The molecule has 0 bridgehead atoms. The number of methoxy groups -OCH3 is 1. The number of ether oxygens (including phenoxy) is 1. The lowest BCUT2D eigenvalue weighted by Crippen LogP contribution is -2.30. The number of nitrogens with zero attached hydrogens (tertiary/aromatic N) is 1. The van der Waals surface area contributed by atoms with Gasteiger partial charge >= 0.3 is 0 Å². The Bertz CT molecular complexity index is 545. The Kier molecular flexibility index (Phi) is 5.60. The highest BCUT2D eigenvalue weighted by molar-refractivity contribution is 9.10. The van der Waals surface area contributed by atoms with Crippen LogP contribution < -0.4 is 10.5 Å². The second-order valence-corrected chi connectivity index (χ2v) is 6.52. The van der Waals surface area contributed by atoms with E-state index >= 15 is 0 Å². The predicted octanol–water partition coefficient (Wildman–Crippen LogP) is 3.65. The number of nitrogens with two attached hydrogens (primary N) is 1. The van der Waals surface area contributed by atoms with Crippen molar-refractivity contribution < 1.29 is 4.74 Å². The van der Waals surface area contributed by atoms with Crippen molar-refractivity contribution in [2.24, 2.45) is 5.73 Å². The van der Waals surface area contributed by atoms with Gasteiger partial charge in [0.2, 0.25) is 0 Å². The van der Waals surface area contributed by atoms with E-state index < -0.39 is 0 Å². The maximum atomic E-state index is 6.00. The minimum Gasteiger partial charge on any atom is -0.497 e. The van der Waals surface area contributed by atoms with Crippen molar-refractivity contribution in [1.82, 2.24) is 4.90 Å². The van der Waals surface area contributed by atoms with Crippen molar-refractivity contribution in [1.29, 1.82) is 0 Å². The zero-order chi connectivity index (χ0) is 14.5. The fraction of sp³-hybridized carbons (Fsp3) is 0.333. The summed E-state index contributed by atoms with van der Waals surface area (Å²) in [4.78, 5) is 3.61. The van der Waals surface area contributed by atoms with Crippen molar-refractivity contribution in [3.8, 4) is 5.75 Å². The van der Waals surface area contributed by atoms with E-state index in [1.165, 1.54) is 4.88 Å². The van der Waals surface area contributed by atoms with Crippen LogP contribution in [0.4, 0.5) is 0 Å². The van der Waals surface area contributed by atoms with E-state index in [1.54, 1.807) is 18.4 Å². The monoisotopic (exact) mass is 354 g/mol. The SMILES string of the molecule is COc1ccc(Br)c(C(CN)N(C)Cc2cccs2)c1. The molecule has 3 nitrogen and oxygen atoms in total. The highest BCUT2D eigenvalue weighted by atomic mass is 79.9. The van der Waals surface area contributed by atoms with Gasteiger partial charge in [-0.05, 0) is 42.3 Å². The Morgan fingerprint density at radius 1 is 1.40 bits per heavy atom. The first kappa shape index (κ1) is 15.5. The van der Waals surface area contributed by atoms with E-state index in [0.29, 0.717) is 6.54 Å². The van der Waals surface area contributed by atoms with Crippen molar-refractivity contribution in [3.05, 3.63) is 50.6 Å². The van der Waals surface area contributed by atoms with E-state index in [1.807, 2.05) is 18.2 Å². The first-order valence-corrected chi connectivity index (χ1v) is 8.09. The topological polar surface area (TPSA) is 38.5 Å². The fourth-order valence-electron chi connectivity index (χ4n) is 2.21. The summed E-state index contributed by atoms with van der Waals surface area (Å²) in [5.41, 5.74) is 7.15. The number of thiophene rings is 1. The highest BCUT2D eigenvalue weighted by Crippen LogP contribution is 2.31. The third-order valence-electron chi connectivity index (χ3n) is 3.30. The standard InChI is InChI=1S/C15H19BrN2OS/c1-18(10-12-4-3-7-20-12)15(9-17)13-8-11(19-2)5-6-14(13)16/h3-8,15H,9-10,17H2,1-2H3. The minimum atomic E-state index is 0.154. The van der Waals surface area contributed by atoms with Gasteiger partial charge in [0, 0.05) is 28.5 Å². The van der Waals surface area contributed by atoms with Gasteiger partial charge in [0.25, 0.3) is 0 Å². The maximum Gasteiger partial charge on any atom is 0.119 e. The van der Waals surface area contributed by atoms with Gasteiger partial charge in [-0.2, -0.15) is 0 Å². The molecule has 0 radical (unpaired) electrons. The van der Waals surface area contributed by atoms with Crippen LogP contribution in [0.15, 0.2) is 40.2 Å². The van der Waals surface area contributed by atoms with E-state index in [9.17, 15) is 0 Å². The van der Waals surface area contributed by atoms with Crippen LogP contribution >= 0.6 is 27.3 Å². The molecule has 2 N–H and O–H groups in total. The van der Waals surface area contributed by atoms with Crippen molar-refractivity contribution in [2.75, 3.05) is 20.7 Å². The number of likely N-dealkylation sites (N-methyl/N-ethyl adjacent to an activating group) is 1. The highest BCUT2D eigenvalue weighted by Gasteiger charge is 2.19. The molecule has 2 rings (SSSR count). The number of hydrogen-bond donors (Lipinski definition) is 1. The predicted molar refractivity (Wildman–Crippen MR) is 88.3 cm³/mol. The molecule has 20 heavy (non-hydrogen) atoms. The molecule has 0 aliphatic rings. The van der Waals surface area contributed by atoms with E-state index in [-0.39, 0.29) is 6.04 Å². The zero-order valence-electron chi connectivity index (χ0n) is 11.7. The molecule has 108 valence electrons. The van der Waals surface area contributed by atoms with Gasteiger partial charge in [-0.3, -0.25) is 4.90 Å². The third kappa shape index (κ3) is 3.61. The molecule has 0 saturated carbocycles. The lowest BCUT2D eigenvalue weighted by atomic mass is 10.1. The summed E-state index contributed by atoms with van der Waals surface area (Å²) in [6, 6.07) is 10.4. The Morgan fingerprint density at radius 2 is 2.20 bits per heavy atom. The molecule has 0 fully saturated rings. The largest absolute Gasteiger partial charge is 0.497 e. The Labute approximate surface area is 132 Å². The molecular formula is C15H19BrN2OS. The lowest BCUT2D eigenvalue weighted by Gasteiger charge is -2.28. The second-order valence-electron chi connectivity index (χ2n) is 4.63. The molecule has 0 saturated heterocycles. The van der Waals surface area contributed by atoms with Crippen LogP contribution in [0.1, 0.15) is 16.5 Å². The summed E-state index contributed by atoms with van der Waals surface area (Å²) >= 11 is 5.38. The fourth-order valence-corrected chi connectivity index (χ4v) is 3.49. The van der Waals surface area contributed by atoms with Crippen LogP contribution in [0.25, 0.3) is 0 Å². The molecule has 5 heteroatoms. The second kappa shape index (κ2) is 7.22.